The Labute approximate surface area is 85.9 Å². The molecule has 0 radical (unpaired) electrons. The summed E-state index contributed by atoms with van der Waals surface area (Å²) in [6.45, 7) is 0.382. The van der Waals surface area contributed by atoms with Gasteiger partial charge in [-0.1, -0.05) is 0 Å². The van der Waals surface area contributed by atoms with Crippen molar-refractivity contribution < 1.29 is 4.74 Å². The molecule has 2 aromatic heterocycles. The van der Waals surface area contributed by atoms with Crippen LogP contribution in [0.4, 0.5) is 5.82 Å². The number of nitrogens with one attached hydrogen (secondary N) is 1. The van der Waals surface area contributed by atoms with Gasteiger partial charge in [0.15, 0.2) is 11.5 Å². The van der Waals surface area contributed by atoms with Gasteiger partial charge < -0.3 is 21.2 Å². The highest BCUT2D eigenvalue weighted by molar-refractivity contribution is 5.81. The van der Waals surface area contributed by atoms with Crippen molar-refractivity contribution in [2.45, 2.75) is 6.04 Å². The van der Waals surface area contributed by atoms with Gasteiger partial charge in [-0.25, -0.2) is 15.0 Å². The van der Waals surface area contributed by atoms with Gasteiger partial charge in [0.25, 0.3) is 0 Å². The van der Waals surface area contributed by atoms with Crippen LogP contribution in [-0.4, -0.2) is 33.7 Å². The minimum Gasteiger partial charge on any atom is -0.383 e. The second kappa shape index (κ2) is 3.79. The minimum atomic E-state index is -0.316. The second-order valence-corrected chi connectivity index (χ2v) is 3.14. The number of aromatic nitrogens is 4. The molecule has 1 atom stereocenters. The van der Waals surface area contributed by atoms with Crippen LogP contribution in [0.5, 0.6) is 0 Å². The molecule has 7 nitrogen and oxygen atoms in total. The number of hydrogen-bond donors (Lipinski definition) is 3. The first-order valence-electron chi connectivity index (χ1n) is 4.43. The SMILES string of the molecule is COCC(N)c1nc2ncnc(N)c2[nH]1. The third kappa shape index (κ3) is 1.74. The number of anilines is 1. The molecule has 5 N–H and O–H groups in total. The number of imidazole rings is 1. The van der Waals surface area contributed by atoms with E-state index in [1.807, 2.05) is 0 Å². The lowest BCUT2D eigenvalue weighted by Crippen LogP contribution is -2.17. The highest BCUT2D eigenvalue weighted by atomic mass is 16.5. The van der Waals surface area contributed by atoms with Crippen molar-refractivity contribution in [2.75, 3.05) is 19.5 Å². The summed E-state index contributed by atoms with van der Waals surface area (Å²) in [4.78, 5) is 15.0. The molecule has 0 saturated carbocycles. The zero-order valence-corrected chi connectivity index (χ0v) is 8.27. The van der Waals surface area contributed by atoms with Crippen LogP contribution in [0.15, 0.2) is 6.33 Å². The molecule has 0 amide bonds. The molecular weight excluding hydrogens is 196 g/mol. The quantitative estimate of drug-likeness (QED) is 0.631. The Balaban J connectivity index is 2.43. The molecule has 0 aromatic carbocycles. The van der Waals surface area contributed by atoms with E-state index in [1.54, 1.807) is 7.11 Å². The summed E-state index contributed by atoms with van der Waals surface area (Å²) in [5, 5.41) is 0. The Morgan fingerprint density at radius 2 is 2.33 bits per heavy atom. The number of ether oxygens (including phenoxy) is 1. The van der Waals surface area contributed by atoms with Crippen molar-refractivity contribution in [3.05, 3.63) is 12.2 Å². The number of H-pyrrole nitrogens is 1. The van der Waals surface area contributed by atoms with Crippen molar-refractivity contribution in [1.82, 2.24) is 19.9 Å². The normalized spacial score (nSPS) is 13.2. The fraction of sp³-hybridized carbons (Fsp3) is 0.375. The number of rotatable bonds is 3. The summed E-state index contributed by atoms with van der Waals surface area (Å²) in [5.41, 5.74) is 12.6. The molecule has 2 rings (SSSR count). The standard InChI is InChI=1S/C8H12N6O/c1-15-2-4(9)7-13-5-6(10)11-3-12-8(5)14-7/h3-4H,2,9H2,1H3,(H3,10,11,12,13,14). The Morgan fingerprint density at radius 1 is 1.53 bits per heavy atom. The summed E-state index contributed by atoms with van der Waals surface area (Å²) in [7, 11) is 1.58. The average Bonchev–Trinajstić information content (AvgIpc) is 2.63. The van der Waals surface area contributed by atoms with Crippen molar-refractivity contribution in [2.24, 2.45) is 5.73 Å². The summed E-state index contributed by atoms with van der Waals surface area (Å²) in [6, 6.07) is -0.316. The number of methoxy groups -OCH3 is 1. The van der Waals surface area contributed by atoms with Crippen LogP contribution in [0, 0.1) is 0 Å². The number of nitrogen functional groups attached to an aromatic ring is 1. The smallest absolute Gasteiger partial charge is 0.183 e. The molecule has 15 heavy (non-hydrogen) atoms. The lowest BCUT2D eigenvalue weighted by atomic mass is 10.3. The molecule has 2 heterocycles. The van der Waals surface area contributed by atoms with Gasteiger partial charge >= 0.3 is 0 Å². The van der Waals surface area contributed by atoms with Gasteiger partial charge in [-0.15, -0.1) is 0 Å². The predicted molar refractivity (Wildman–Crippen MR) is 54.9 cm³/mol. The average molecular weight is 208 g/mol. The summed E-state index contributed by atoms with van der Waals surface area (Å²) < 4.78 is 4.93. The van der Waals surface area contributed by atoms with E-state index < -0.39 is 0 Å². The molecule has 0 aliphatic rings. The molecule has 7 heteroatoms. The highest BCUT2D eigenvalue weighted by Crippen LogP contribution is 2.16. The van der Waals surface area contributed by atoms with E-state index in [9.17, 15) is 0 Å². The number of hydrogen-bond acceptors (Lipinski definition) is 6. The van der Waals surface area contributed by atoms with Gasteiger partial charge in [-0.2, -0.15) is 0 Å². The molecule has 1 unspecified atom stereocenters. The van der Waals surface area contributed by atoms with E-state index in [0.29, 0.717) is 29.4 Å². The van der Waals surface area contributed by atoms with Gasteiger partial charge in [0, 0.05) is 7.11 Å². The number of nitrogens with two attached hydrogens (primary N) is 2. The van der Waals surface area contributed by atoms with Crippen LogP contribution in [0.2, 0.25) is 0 Å². The Bertz CT molecular complexity index is 467. The van der Waals surface area contributed by atoms with Crippen LogP contribution < -0.4 is 11.5 Å². The van der Waals surface area contributed by atoms with Gasteiger partial charge in [-0.3, -0.25) is 0 Å². The van der Waals surface area contributed by atoms with Crippen LogP contribution in [-0.2, 0) is 4.74 Å². The van der Waals surface area contributed by atoms with E-state index in [2.05, 4.69) is 19.9 Å². The maximum Gasteiger partial charge on any atom is 0.183 e. The van der Waals surface area contributed by atoms with Crippen LogP contribution in [0.3, 0.4) is 0 Å². The van der Waals surface area contributed by atoms with E-state index >= 15 is 0 Å². The third-order valence-electron chi connectivity index (χ3n) is 2.03. The minimum absolute atomic E-state index is 0.316. The second-order valence-electron chi connectivity index (χ2n) is 3.14. The molecule has 0 bridgehead atoms. The van der Waals surface area contributed by atoms with Crippen molar-refractivity contribution in [3.8, 4) is 0 Å². The zero-order valence-electron chi connectivity index (χ0n) is 8.27. The molecule has 0 aliphatic carbocycles. The van der Waals surface area contributed by atoms with E-state index in [1.165, 1.54) is 6.33 Å². The summed E-state index contributed by atoms with van der Waals surface area (Å²) >= 11 is 0. The molecule has 0 aliphatic heterocycles. The summed E-state index contributed by atoms with van der Waals surface area (Å²) in [5.74, 6) is 0.961. The van der Waals surface area contributed by atoms with Crippen LogP contribution >= 0.6 is 0 Å². The molecular formula is C8H12N6O. The fourth-order valence-corrected chi connectivity index (χ4v) is 1.30. The van der Waals surface area contributed by atoms with Crippen molar-refractivity contribution in [1.29, 1.82) is 0 Å². The lowest BCUT2D eigenvalue weighted by Gasteiger charge is -2.05. The van der Waals surface area contributed by atoms with Crippen LogP contribution in [0.1, 0.15) is 11.9 Å². The topological polar surface area (TPSA) is 116 Å². The third-order valence-corrected chi connectivity index (χ3v) is 2.03. The number of fused-ring (bicyclic) bond motifs is 1. The van der Waals surface area contributed by atoms with Gasteiger partial charge in [0.05, 0.1) is 12.6 Å². The zero-order chi connectivity index (χ0) is 10.8. The summed E-state index contributed by atoms with van der Waals surface area (Å²) in [6.07, 6.45) is 1.37. The lowest BCUT2D eigenvalue weighted by molar-refractivity contribution is 0.178. The van der Waals surface area contributed by atoms with E-state index in [-0.39, 0.29) is 6.04 Å². The molecule has 80 valence electrons. The van der Waals surface area contributed by atoms with Crippen LogP contribution in [0.25, 0.3) is 11.2 Å². The first-order valence-corrected chi connectivity index (χ1v) is 4.43. The van der Waals surface area contributed by atoms with Crippen molar-refractivity contribution in [3.63, 3.8) is 0 Å². The first kappa shape index (κ1) is 9.81. The predicted octanol–water partition coefficient (Wildman–Crippen LogP) is -0.419. The van der Waals surface area contributed by atoms with E-state index in [4.69, 9.17) is 16.2 Å². The Hall–Kier alpha value is -1.73. The molecule has 0 spiro atoms. The van der Waals surface area contributed by atoms with E-state index in [0.717, 1.165) is 0 Å². The Kier molecular flexibility index (Phi) is 2.48. The first-order chi connectivity index (χ1) is 7.22. The van der Waals surface area contributed by atoms with Gasteiger partial charge in [-0.05, 0) is 0 Å². The molecule has 0 saturated heterocycles. The monoisotopic (exact) mass is 208 g/mol. The number of nitrogens with zero attached hydrogens (tertiary/aromatic N) is 3. The largest absolute Gasteiger partial charge is 0.383 e. The molecule has 0 fully saturated rings. The van der Waals surface area contributed by atoms with Gasteiger partial charge in [0.2, 0.25) is 0 Å². The van der Waals surface area contributed by atoms with Crippen molar-refractivity contribution >= 4 is 17.0 Å². The maximum absolute atomic E-state index is 5.81. The maximum atomic E-state index is 5.81. The Morgan fingerprint density at radius 3 is 3.00 bits per heavy atom. The fourth-order valence-electron chi connectivity index (χ4n) is 1.30. The molecule has 2 aromatic rings. The highest BCUT2D eigenvalue weighted by Gasteiger charge is 2.13. The number of aromatic amines is 1. The van der Waals surface area contributed by atoms with Gasteiger partial charge in [0.1, 0.15) is 17.7 Å².